The third-order valence-corrected chi connectivity index (χ3v) is 3.39. The van der Waals surface area contributed by atoms with Crippen molar-refractivity contribution in [2.45, 2.75) is 31.8 Å². The highest BCUT2D eigenvalue weighted by Crippen LogP contribution is 2.17. The quantitative estimate of drug-likeness (QED) is 0.798. The van der Waals surface area contributed by atoms with Gasteiger partial charge in [-0.3, -0.25) is 10.1 Å². The first-order valence-electron chi connectivity index (χ1n) is 6.79. The van der Waals surface area contributed by atoms with Gasteiger partial charge in [-0.15, -0.1) is 5.10 Å². The smallest absolute Gasteiger partial charge is 0.412 e. The number of aliphatic hydroxyl groups excluding tert-OH is 1. The van der Waals surface area contributed by atoms with Crippen LogP contribution in [-0.2, 0) is 16.1 Å². The van der Waals surface area contributed by atoms with Crippen LogP contribution in [0.2, 0.25) is 0 Å². The third-order valence-electron chi connectivity index (χ3n) is 3.39. The van der Waals surface area contributed by atoms with E-state index in [2.05, 4.69) is 20.3 Å². The molecule has 0 saturated carbocycles. The van der Waals surface area contributed by atoms with E-state index in [9.17, 15) is 14.7 Å². The van der Waals surface area contributed by atoms with Gasteiger partial charge >= 0.3 is 6.09 Å². The van der Waals surface area contributed by atoms with E-state index in [-0.39, 0.29) is 30.9 Å². The predicted octanol–water partition coefficient (Wildman–Crippen LogP) is -0.170. The predicted molar refractivity (Wildman–Crippen MR) is 72.5 cm³/mol. The molecule has 1 fully saturated rings. The van der Waals surface area contributed by atoms with Crippen molar-refractivity contribution in [3.8, 4) is 0 Å². The zero-order chi connectivity index (χ0) is 15.2. The molecule has 9 heteroatoms. The fraction of sp³-hybridized carbons (Fsp3) is 0.667. The first-order chi connectivity index (χ1) is 10.1. The number of nitrogens with one attached hydrogen (secondary N) is 1. The standard InChI is InChI=1S/C12H19N5O4/c1-21-12(20)14-10-6-13-17(15-10)7-11(19)16-5-3-2-4-9(16)8-18/h6,9,18H,2-5,7-8H2,1H3,(H,14,15,20). The van der Waals surface area contributed by atoms with E-state index in [0.29, 0.717) is 6.54 Å². The third kappa shape index (κ3) is 3.91. The van der Waals surface area contributed by atoms with Crippen molar-refractivity contribution in [2.75, 3.05) is 25.6 Å². The SMILES string of the molecule is COC(=O)Nc1cnn(CC(=O)N2CCCCC2CO)n1. The molecule has 1 aromatic heterocycles. The van der Waals surface area contributed by atoms with Crippen molar-refractivity contribution < 1.29 is 19.4 Å². The van der Waals surface area contributed by atoms with Crippen LogP contribution in [0.15, 0.2) is 6.20 Å². The molecule has 1 unspecified atom stereocenters. The lowest BCUT2D eigenvalue weighted by Crippen LogP contribution is -2.47. The van der Waals surface area contributed by atoms with Gasteiger partial charge in [0.05, 0.1) is 26.0 Å². The number of nitrogens with zero attached hydrogens (tertiary/aromatic N) is 4. The molecular weight excluding hydrogens is 278 g/mol. The molecule has 1 aliphatic heterocycles. The number of methoxy groups -OCH3 is 1. The van der Waals surface area contributed by atoms with Crippen LogP contribution in [0, 0.1) is 0 Å². The lowest BCUT2D eigenvalue weighted by molar-refractivity contribution is -0.137. The summed E-state index contributed by atoms with van der Waals surface area (Å²) in [7, 11) is 1.24. The minimum Gasteiger partial charge on any atom is -0.453 e. The summed E-state index contributed by atoms with van der Waals surface area (Å²) in [6.45, 7) is 0.575. The van der Waals surface area contributed by atoms with Gasteiger partial charge in [0.15, 0.2) is 5.82 Å². The Kier molecular flexibility index (Phi) is 5.09. The maximum absolute atomic E-state index is 12.2. The van der Waals surface area contributed by atoms with E-state index in [1.807, 2.05) is 0 Å². The summed E-state index contributed by atoms with van der Waals surface area (Å²) in [6, 6.07) is -0.130. The maximum Gasteiger partial charge on any atom is 0.412 e. The molecule has 0 radical (unpaired) electrons. The fourth-order valence-corrected chi connectivity index (χ4v) is 2.32. The molecule has 116 valence electrons. The molecule has 0 aromatic carbocycles. The molecule has 1 atom stereocenters. The number of piperidine rings is 1. The number of rotatable bonds is 4. The molecule has 2 rings (SSSR count). The van der Waals surface area contributed by atoms with Gasteiger partial charge in [0.2, 0.25) is 5.91 Å². The van der Waals surface area contributed by atoms with Gasteiger partial charge < -0.3 is 14.7 Å². The Labute approximate surface area is 121 Å². The zero-order valence-electron chi connectivity index (χ0n) is 11.9. The normalized spacial score (nSPS) is 18.4. The number of hydrogen-bond donors (Lipinski definition) is 2. The van der Waals surface area contributed by atoms with E-state index in [0.717, 1.165) is 19.3 Å². The Hall–Kier alpha value is -2.16. The Balaban J connectivity index is 1.94. The van der Waals surface area contributed by atoms with Crippen LogP contribution < -0.4 is 5.32 Å². The summed E-state index contributed by atoms with van der Waals surface area (Å²) >= 11 is 0. The lowest BCUT2D eigenvalue weighted by Gasteiger charge is -2.34. The molecule has 9 nitrogen and oxygen atoms in total. The highest BCUT2D eigenvalue weighted by molar-refractivity contribution is 5.82. The number of aromatic nitrogens is 3. The summed E-state index contributed by atoms with van der Waals surface area (Å²) in [6.07, 6.45) is 3.45. The number of ether oxygens (including phenoxy) is 1. The van der Waals surface area contributed by atoms with Crippen molar-refractivity contribution in [2.24, 2.45) is 0 Å². The van der Waals surface area contributed by atoms with Crippen molar-refractivity contribution in [3.63, 3.8) is 0 Å². The van der Waals surface area contributed by atoms with E-state index >= 15 is 0 Å². The van der Waals surface area contributed by atoms with E-state index in [4.69, 9.17) is 0 Å². The van der Waals surface area contributed by atoms with E-state index in [1.165, 1.54) is 18.1 Å². The van der Waals surface area contributed by atoms with Gasteiger partial charge in [0.25, 0.3) is 0 Å². The number of carbonyl (C=O) groups is 2. The van der Waals surface area contributed by atoms with E-state index in [1.54, 1.807) is 4.90 Å². The largest absolute Gasteiger partial charge is 0.453 e. The topological polar surface area (TPSA) is 110 Å². The first kappa shape index (κ1) is 15.2. The van der Waals surface area contributed by atoms with Crippen molar-refractivity contribution >= 4 is 17.8 Å². The Bertz CT molecular complexity index is 504. The highest BCUT2D eigenvalue weighted by Gasteiger charge is 2.26. The molecule has 2 N–H and O–H groups in total. The van der Waals surface area contributed by atoms with Crippen LogP contribution >= 0.6 is 0 Å². The Morgan fingerprint density at radius 1 is 1.52 bits per heavy atom. The number of amides is 2. The van der Waals surface area contributed by atoms with Crippen LogP contribution in [0.5, 0.6) is 0 Å². The van der Waals surface area contributed by atoms with Crippen LogP contribution in [0.1, 0.15) is 19.3 Å². The summed E-state index contributed by atoms with van der Waals surface area (Å²) in [5.41, 5.74) is 0. The van der Waals surface area contributed by atoms with Crippen LogP contribution in [0.25, 0.3) is 0 Å². The minimum atomic E-state index is -0.648. The maximum atomic E-state index is 12.2. The summed E-state index contributed by atoms with van der Waals surface area (Å²) in [5, 5.41) is 19.6. The molecule has 1 aromatic rings. The minimum absolute atomic E-state index is 0.0284. The molecule has 0 aliphatic carbocycles. The Morgan fingerprint density at radius 3 is 3.05 bits per heavy atom. The zero-order valence-corrected chi connectivity index (χ0v) is 11.9. The number of anilines is 1. The second kappa shape index (κ2) is 7.02. The van der Waals surface area contributed by atoms with Gasteiger partial charge in [0.1, 0.15) is 6.54 Å². The van der Waals surface area contributed by atoms with Crippen molar-refractivity contribution in [3.05, 3.63) is 6.20 Å². The van der Waals surface area contributed by atoms with Gasteiger partial charge in [-0.05, 0) is 19.3 Å². The first-order valence-corrected chi connectivity index (χ1v) is 6.79. The summed E-state index contributed by atoms with van der Waals surface area (Å²) in [5.74, 6) is 0.0703. The molecular formula is C12H19N5O4. The summed E-state index contributed by atoms with van der Waals surface area (Å²) in [4.78, 5) is 26.1. The second-order valence-electron chi connectivity index (χ2n) is 4.80. The molecule has 1 aliphatic rings. The van der Waals surface area contributed by atoms with Crippen LogP contribution in [0.4, 0.5) is 10.6 Å². The van der Waals surface area contributed by atoms with Crippen LogP contribution in [0.3, 0.4) is 0 Å². The van der Waals surface area contributed by atoms with Crippen molar-refractivity contribution in [1.29, 1.82) is 0 Å². The second-order valence-corrected chi connectivity index (χ2v) is 4.80. The van der Waals surface area contributed by atoms with Gasteiger partial charge in [-0.2, -0.15) is 9.90 Å². The molecule has 2 heterocycles. The monoisotopic (exact) mass is 297 g/mol. The number of aliphatic hydroxyl groups is 1. The van der Waals surface area contributed by atoms with E-state index < -0.39 is 6.09 Å². The highest BCUT2D eigenvalue weighted by atomic mass is 16.5. The average Bonchev–Trinajstić information content (AvgIpc) is 2.93. The van der Waals surface area contributed by atoms with Gasteiger partial charge in [-0.1, -0.05) is 0 Å². The molecule has 1 saturated heterocycles. The molecule has 21 heavy (non-hydrogen) atoms. The number of carbonyl (C=O) groups excluding carboxylic acids is 2. The van der Waals surface area contributed by atoms with Crippen molar-refractivity contribution in [1.82, 2.24) is 19.9 Å². The molecule has 0 spiro atoms. The number of likely N-dealkylation sites (tertiary alicyclic amines) is 1. The molecule has 2 amide bonds. The average molecular weight is 297 g/mol. The lowest BCUT2D eigenvalue weighted by atomic mass is 10.0. The molecule has 0 bridgehead atoms. The van der Waals surface area contributed by atoms with Gasteiger partial charge in [0, 0.05) is 6.54 Å². The van der Waals surface area contributed by atoms with Gasteiger partial charge in [-0.25, -0.2) is 4.79 Å². The number of hydrogen-bond acceptors (Lipinski definition) is 6. The Morgan fingerprint density at radius 2 is 2.33 bits per heavy atom. The van der Waals surface area contributed by atoms with Crippen LogP contribution in [-0.4, -0.2) is 63.3 Å². The summed E-state index contributed by atoms with van der Waals surface area (Å²) < 4.78 is 4.44. The fourth-order valence-electron chi connectivity index (χ4n) is 2.32.